The van der Waals surface area contributed by atoms with E-state index < -0.39 is 0 Å². The maximum atomic E-state index is 12.5. The highest BCUT2D eigenvalue weighted by Gasteiger charge is 2.23. The molecule has 0 spiro atoms. The van der Waals surface area contributed by atoms with Crippen LogP contribution in [0.5, 0.6) is 0 Å². The fourth-order valence-electron chi connectivity index (χ4n) is 2.76. The highest BCUT2D eigenvalue weighted by atomic mass is 32.1. The Morgan fingerprint density at radius 1 is 1.27 bits per heavy atom. The van der Waals surface area contributed by atoms with Crippen LogP contribution in [0.3, 0.4) is 0 Å². The van der Waals surface area contributed by atoms with Crippen molar-refractivity contribution in [3.63, 3.8) is 0 Å². The molecule has 1 aromatic carbocycles. The molecule has 1 aliphatic heterocycles. The number of piperidine rings is 1. The van der Waals surface area contributed by atoms with E-state index in [9.17, 15) is 4.79 Å². The SMILES string of the molecule is CCc1ccc(-c2nc(C(=O)N3CCC(C)CC3)cs2)cc1. The minimum absolute atomic E-state index is 0.0829. The lowest BCUT2D eigenvalue weighted by Gasteiger charge is -2.29. The van der Waals surface area contributed by atoms with Crippen LogP contribution in [-0.4, -0.2) is 28.9 Å². The number of likely N-dealkylation sites (tertiary alicyclic amines) is 1. The number of hydrogen-bond donors (Lipinski definition) is 0. The third-order valence-corrected chi connectivity index (χ3v) is 5.29. The lowest BCUT2D eigenvalue weighted by atomic mass is 9.99. The van der Waals surface area contributed by atoms with E-state index in [-0.39, 0.29) is 5.91 Å². The van der Waals surface area contributed by atoms with Crippen LogP contribution in [0.2, 0.25) is 0 Å². The van der Waals surface area contributed by atoms with Gasteiger partial charge < -0.3 is 4.90 Å². The Morgan fingerprint density at radius 2 is 1.95 bits per heavy atom. The molecule has 2 heterocycles. The monoisotopic (exact) mass is 314 g/mol. The van der Waals surface area contributed by atoms with Gasteiger partial charge in [-0.2, -0.15) is 0 Å². The van der Waals surface area contributed by atoms with Crippen molar-refractivity contribution in [2.45, 2.75) is 33.1 Å². The zero-order valence-corrected chi connectivity index (χ0v) is 14.0. The summed E-state index contributed by atoms with van der Waals surface area (Å²) in [6.07, 6.45) is 3.23. The van der Waals surface area contributed by atoms with Crippen molar-refractivity contribution < 1.29 is 4.79 Å². The van der Waals surface area contributed by atoms with Crippen LogP contribution in [0.4, 0.5) is 0 Å². The standard InChI is InChI=1S/C18H22N2OS/c1-3-14-4-6-15(7-5-14)17-19-16(12-22-17)18(21)20-10-8-13(2)9-11-20/h4-7,12-13H,3,8-11H2,1-2H3. The molecule has 0 saturated carbocycles. The Labute approximate surface area is 136 Å². The molecule has 1 saturated heterocycles. The van der Waals surface area contributed by atoms with E-state index in [1.807, 2.05) is 10.3 Å². The predicted octanol–water partition coefficient (Wildman–Crippen LogP) is 4.24. The second kappa shape index (κ2) is 6.61. The molecule has 0 aliphatic carbocycles. The molecule has 3 nitrogen and oxygen atoms in total. The summed E-state index contributed by atoms with van der Waals surface area (Å²) in [6, 6.07) is 8.44. The summed E-state index contributed by atoms with van der Waals surface area (Å²) in [5.41, 5.74) is 3.00. The van der Waals surface area contributed by atoms with Crippen molar-refractivity contribution in [1.82, 2.24) is 9.88 Å². The van der Waals surface area contributed by atoms with Crippen LogP contribution in [0.25, 0.3) is 10.6 Å². The van der Waals surface area contributed by atoms with E-state index >= 15 is 0 Å². The summed E-state index contributed by atoms with van der Waals surface area (Å²) in [5.74, 6) is 0.812. The van der Waals surface area contributed by atoms with Gasteiger partial charge >= 0.3 is 0 Å². The Morgan fingerprint density at radius 3 is 2.59 bits per heavy atom. The zero-order valence-electron chi connectivity index (χ0n) is 13.2. The molecule has 0 unspecified atom stereocenters. The van der Waals surface area contributed by atoms with Crippen LogP contribution in [0.15, 0.2) is 29.6 Å². The van der Waals surface area contributed by atoms with Gasteiger partial charge in [0.1, 0.15) is 10.7 Å². The minimum atomic E-state index is 0.0829. The van der Waals surface area contributed by atoms with Crippen molar-refractivity contribution >= 4 is 17.2 Å². The van der Waals surface area contributed by atoms with Crippen molar-refractivity contribution in [1.29, 1.82) is 0 Å². The van der Waals surface area contributed by atoms with E-state index in [1.54, 1.807) is 11.3 Å². The number of benzene rings is 1. The number of amides is 1. The number of aryl methyl sites for hydroxylation is 1. The lowest BCUT2D eigenvalue weighted by molar-refractivity contribution is 0.0692. The van der Waals surface area contributed by atoms with Crippen LogP contribution in [0, 0.1) is 5.92 Å². The topological polar surface area (TPSA) is 33.2 Å². The maximum Gasteiger partial charge on any atom is 0.273 e. The summed E-state index contributed by atoms with van der Waals surface area (Å²) in [4.78, 5) is 19.0. The van der Waals surface area contributed by atoms with Gasteiger partial charge in [-0.15, -0.1) is 11.3 Å². The first-order chi connectivity index (χ1) is 10.7. The molecule has 2 aromatic rings. The largest absolute Gasteiger partial charge is 0.337 e. The zero-order chi connectivity index (χ0) is 15.5. The van der Waals surface area contributed by atoms with Gasteiger partial charge in [-0.3, -0.25) is 4.79 Å². The predicted molar refractivity (Wildman–Crippen MR) is 91.2 cm³/mol. The number of thiazole rings is 1. The summed E-state index contributed by atoms with van der Waals surface area (Å²) in [6.45, 7) is 6.12. The smallest absolute Gasteiger partial charge is 0.273 e. The normalized spacial score (nSPS) is 16.0. The van der Waals surface area contributed by atoms with Crippen molar-refractivity contribution in [2.24, 2.45) is 5.92 Å². The summed E-state index contributed by atoms with van der Waals surface area (Å²) >= 11 is 1.55. The molecule has 116 valence electrons. The molecule has 0 bridgehead atoms. The molecule has 0 N–H and O–H groups in total. The average Bonchev–Trinajstić information content (AvgIpc) is 3.05. The maximum absolute atomic E-state index is 12.5. The molecular formula is C18H22N2OS. The fourth-order valence-corrected chi connectivity index (χ4v) is 3.56. The minimum Gasteiger partial charge on any atom is -0.337 e. The fraction of sp³-hybridized carbons (Fsp3) is 0.444. The molecule has 4 heteroatoms. The second-order valence-electron chi connectivity index (χ2n) is 6.06. The summed E-state index contributed by atoms with van der Waals surface area (Å²) in [5, 5.41) is 2.82. The number of carbonyl (C=O) groups is 1. The molecule has 3 rings (SSSR count). The first-order valence-corrected chi connectivity index (χ1v) is 8.89. The first-order valence-electron chi connectivity index (χ1n) is 8.01. The highest BCUT2D eigenvalue weighted by Crippen LogP contribution is 2.25. The van der Waals surface area contributed by atoms with Crippen LogP contribution in [0.1, 0.15) is 42.7 Å². The van der Waals surface area contributed by atoms with Crippen molar-refractivity contribution in [2.75, 3.05) is 13.1 Å². The Hall–Kier alpha value is -1.68. The number of hydrogen-bond acceptors (Lipinski definition) is 3. The van der Waals surface area contributed by atoms with Gasteiger partial charge in [-0.05, 0) is 30.7 Å². The average molecular weight is 314 g/mol. The second-order valence-corrected chi connectivity index (χ2v) is 6.92. The van der Waals surface area contributed by atoms with E-state index in [2.05, 4.69) is 43.1 Å². The third-order valence-electron chi connectivity index (χ3n) is 4.40. The van der Waals surface area contributed by atoms with Crippen LogP contribution >= 0.6 is 11.3 Å². The number of carbonyl (C=O) groups excluding carboxylic acids is 1. The first kappa shape index (κ1) is 15.2. The summed E-state index contributed by atoms with van der Waals surface area (Å²) in [7, 11) is 0. The molecule has 1 aromatic heterocycles. The Bertz CT molecular complexity index is 639. The Kier molecular flexibility index (Phi) is 4.57. The van der Waals surface area contributed by atoms with Gasteiger partial charge in [0.15, 0.2) is 0 Å². The molecule has 22 heavy (non-hydrogen) atoms. The summed E-state index contributed by atoms with van der Waals surface area (Å²) < 4.78 is 0. The van der Waals surface area contributed by atoms with E-state index in [0.717, 1.165) is 48.8 Å². The van der Waals surface area contributed by atoms with Gasteiger partial charge in [0, 0.05) is 24.0 Å². The number of nitrogens with zero attached hydrogens (tertiary/aromatic N) is 2. The van der Waals surface area contributed by atoms with E-state index in [1.165, 1.54) is 5.56 Å². The quantitative estimate of drug-likeness (QED) is 0.849. The van der Waals surface area contributed by atoms with Gasteiger partial charge in [-0.25, -0.2) is 4.98 Å². The molecule has 0 radical (unpaired) electrons. The van der Waals surface area contributed by atoms with Crippen LogP contribution in [-0.2, 0) is 6.42 Å². The molecule has 1 amide bonds. The molecule has 1 aliphatic rings. The van der Waals surface area contributed by atoms with Gasteiger partial charge in [0.25, 0.3) is 5.91 Å². The van der Waals surface area contributed by atoms with Crippen molar-refractivity contribution in [3.8, 4) is 10.6 Å². The number of rotatable bonds is 3. The molecular weight excluding hydrogens is 292 g/mol. The highest BCUT2D eigenvalue weighted by molar-refractivity contribution is 7.13. The lowest BCUT2D eigenvalue weighted by Crippen LogP contribution is -2.38. The molecule has 0 atom stereocenters. The van der Waals surface area contributed by atoms with Crippen molar-refractivity contribution in [3.05, 3.63) is 40.9 Å². The molecule has 1 fully saturated rings. The third kappa shape index (κ3) is 3.22. The van der Waals surface area contributed by atoms with E-state index in [4.69, 9.17) is 0 Å². The number of aromatic nitrogens is 1. The van der Waals surface area contributed by atoms with Gasteiger partial charge in [0.05, 0.1) is 0 Å². The Balaban J connectivity index is 1.73. The van der Waals surface area contributed by atoms with Gasteiger partial charge in [0.2, 0.25) is 0 Å². The van der Waals surface area contributed by atoms with Gasteiger partial charge in [-0.1, -0.05) is 38.1 Å². The van der Waals surface area contributed by atoms with E-state index in [0.29, 0.717) is 5.69 Å². The van der Waals surface area contributed by atoms with Crippen LogP contribution < -0.4 is 0 Å².